The van der Waals surface area contributed by atoms with Gasteiger partial charge in [-0.3, -0.25) is 0 Å². The molecule has 2 aromatic rings. The monoisotopic (exact) mass is 233 g/mol. The number of hydrogen-bond acceptors (Lipinski definition) is 2. The van der Waals surface area contributed by atoms with Crippen molar-refractivity contribution in [3.8, 4) is 0 Å². The molecule has 0 bridgehead atoms. The first kappa shape index (κ1) is 11.6. The second kappa shape index (κ2) is 4.98. The summed E-state index contributed by atoms with van der Waals surface area (Å²) in [6.45, 7) is 4.45. The molecule has 0 aliphatic carbocycles. The van der Waals surface area contributed by atoms with E-state index in [1.54, 1.807) is 11.3 Å². The van der Waals surface area contributed by atoms with E-state index in [4.69, 9.17) is 5.73 Å². The second-order valence-electron chi connectivity index (χ2n) is 4.29. The Labute approximate surface area is 101 Å². The maximum atomic E-state index is 6.38. The Morgan fingerprint density at radius 3 is 2.56 bits per heavy atom. The molecule has 86 valence electrons. The van der Waals surface area contributed by atoms with Gasteiger partial charge in [-0.1, -0.05) is 44.9 Å². The van der Waals surface area contributed by atoms with Crippen LogP contribution in [0.2, 0.25) is 0 Å². The van der Waals surface area contributed by atoms with E-state index in [0.717, 1.165) is 12.8 Å². The standard InChI is InChI=1S/C14H19NS/c1-3-10(4-2)14(15)12-9-16-13-8-6-5-7-11(12)13/h5-10,14H,3-4,15H2,1-2H3. The highest BCUT2D eigenvalue weighted by atomic mass is 32.1. The molecule has 0 fully saturated rings. The summed E-state index contributed by atoms with van der Waals surface area (Å²) >= 11 is 1.80. The summed E-state index contributed by atoms with van der Waals surface area (Å²) in [5.74, 6) is 0.595. The zero-order valence-corrected chi connectivity index (χ0v) is 10.8. The molecule has 0 saturated heterocycles. The zero-order chi connectivity index (χ0) is 11.5. The highest BCUT2D eigenvalue weighted by molar-refractivity contribution is 7.17. The van der Waals surface area contributed by atoms with Gasteiger partial charge >= 0.3 is 0 Å². The van der Waals surface area contributed by atoms with E-state index >= 15 is 0 Å². The van der Waals surface area contributed by atoms with Crippen molar-refractivity contribution in [2.75, 3.05) is 0 Å². The maximum absolute atomic E-state index is 6.38. The van der Waals surface area contributed by atoms with E-state index in [1.807, 2.05) is 0 Å². The molecule has 16 heavy (non-hydrogen) atoms. The summed E-state index contributed by atoms with van der Waals surface area (Å²) in [7, 11) is 0. The minimum Gasteiger partial charge on any atom is -0.324 e. The zero-order valence-electron chi connectivity index (χ0n) is 9.94. The van der Waals surface area contributed by atoms with Crippen molar-refractivity contribution in [1.29, 1.82) is 0 Å². The number of hydrogen-bond donors (Lipinski definition) is 1. The number of thiophene rings is 1. The highest BCUT2D eigenvalue weighted by Gasteiger charge is 2.18. The minimum absolute atomic E-state index is 0.186. The van der Waals surface area contributed by atoms with Gasteiger partial charge in [-0.05, 0) is 28.3 Å². The molecule has 0 aliphatic heterocycles. The summed E-state index contributed by atoms with van der Waals surface area (Å²) < 4.78 is 1.35. The summed E-state index contributed by atoms with van der Waals surface area (Å²) in [5.41, 5.74) is 7.71. The Kier molecular flexibility index (Phi) is 3.62. The van der Waals surface area contributed by atoms with Crippen molar-refractivity contribution >= 4 is 21.4 Å². The quantitative estimate of drug-likeness (QED) is 0.835. The predicted octanol–water partition coefficient (Wildman–Crippen LogP) is 4.34. The van der Waals surface area contributed by atoms with Crippen molar-refractivity contribution in [2.24, 2.45) is 11.7 Å². The lowest BCUT2D eigenvalue weighted by Crippen LogP contribution is -2.19. The van der Waals surface area contributed by atoms with E-state index in [1.165, 1.54) is 15.6 Å². The van der Waals surface area contributed by atoms with Gasteiger partial charge in [0.05, 0.1) is 0 Å². The van der Waals surface area contributed by atoms with Gasteiger partial charge in [-0.25, -0.2) is 0 Å². The van der Waals surface area contributed by atoms with Crippen LogP contribution in [-0.2, 0) is 0 Å². The first-order valence-corrected chi connectivity index (χ1v) is 6.87. The van der Waals surface area contributed by atoms with E-state index in [-0.39, 0.29) is 6.04 Å². The first-order chi connectivity index (χ1) is 7.77. The van der Waals surface area contributed by atoms with Gasteiger partial charge in [-0.2, -0.15) is 0 Å². The molecule has 2 heteroatoms. The Bertz CT molecular complexity index is 456. The summed E-state index contributed by atoms with van der Waals surface area (Å²) in [4.78, 5) is 0. The van der Waals surface area contributed by atoms with Crippen molar-refractivity contribution in [3.63, 3.8) is 0 Å². The van der Waals surface area contributed by atoms with Crippen LogP contribution in [0.15, 0.2) is 29.6 Å². The van der Waals surface area contributed by atoms with Gasteiger partial charge in [0.15, 0.2) is 0 Å². The van der Waals surface area contributed by atoms with Crippen LogP contribution in [0.5, 0.6) is 0 Å². The summed E-state index contributed by atoms with van der Waals surface area (Å²) in [6, 6.07) is 8.72. The average molecular weight is 233 g/mol. The highest BCUT2D eigenvalue weighted by Crippen LogP contribution is 2.34. The lowest BCUT2D eigenvalue weighted by molar-refractivity contribution is 0.408. The lowest BCUT2D eigenvalue weighted by Gasteiger charge is -2.20. The SMILES string of the molecule is CCC(CC)C(N)c1csc2ccccc12. The Morgan fingerprint density at radius 2 is 1.88 bits per heavy atom. The molecule has 1 aromatic heterocycles. The molecular formula is C14H19NS. The minimum atomic E-state index is 0.186. The molecule has 0 amide bonds. The molecule has 1 atom stereocenters. The van der Waals surface area contributed by atoms with Gasteiger partial charge in [-0.15, -0.1) is 11.3 Å². The molecule has 1 unspecified atom stereocenters. The van der Waals surface area contributed by atoms with Crippen LogP contribution in [0.4, 0.5) is 0 Å². The lowest BCUT2D eigenvalue weighted by atomic mass is 9.89. The molecule has 1 nitrogen and oxygen atoms in total. The normalized spacial score (nSPS) is 13.5. The predicted molar refractivity (Wildman–Crippen MR) is 72.8 cm³/mol. The van der Waals surface area contributed by atoms with Gasteiger partial charge in [0.1, 0.15) is 0 Å². The van der Waals surface area contributed by atoms with Gasteiger partial charge in [0, 0.05) is 10.7 Å². The van der Waals surface area contributed by atoms with Crippen molar-refractivity contribution in [1.82, 2.24) is 0 Å². The maximum Gasteiger partial charge on any atom is 0.0346 e. The van der Waals surface area contributed by atoms with E-state index in [9.17, 15) is 0 Å². The molecule has 2 rings (SSSR count). The van der Waals surface area contributed by atoms with Gasteiger partial charge in [0.2, 0.25) is 0 Å². The largest absolute Gasteiger partial charge is 0.324 e. The number of benzene rings is 1. The molecule has 0 saturated carbocycles. The fourth-order valence-electron chi connectivity index (χ4n) is 2.31. The molecule has 0 spiro atoms. The first-order valence-electron chi connectivity index (χ1n) is 5.99. The molecule has 2 N–H and O–H groups in total. The molecule has 0 aliphatic rings. The second-order valence-corrected chi connectivity index (χ2v) is 5.20. The smallest absolute Gasteiger partial charge is 0.0346 e. The molecule has 1 heterocycles. The van der Waals surface area contributed by atoms with Crippen LogP contribution in [-0.4, -0.2) is 0 Å². The Balaban J connectivity index is 2.39. The van der Waals surface area contributed by atoms with Crippen molar-refractivity contribution in [2.45, 2.75) is 32.7 Å². The summed E-state index contributed by atoms with van der Waals surface area (Å²) in [5, 5.41) is 3.57. The van der Waals surface area contributed by atoms with Crippen LogP contribution in [0.25, 0.3) is 10.1 Å². The van der Waals surface area contributed by atoms with E-state index < -0.39 is 0 Å². The van der Waals surface area contributed by atoms with Crippen LogP contribution in [0, 0.1) is 5.92 Å². The fourth-order valence-corrected chi connectivity index (χ4v) is 3.31. The van der Waals surface area contributed by atoms with Crippen molar-refractivity contribution in [3.05, 3.63) is 35.2 Å². The average Bonchev–Trinajstić information content (AvgIpc) is 2.74. The molecular weight excluding hydrogens is 214 g/mol. The third kappa shape index (κ3) is 2.00. The Morgan fingerprint density at radius 1 is 1.19 bits per heavy atom. The number of rotatable bonds is 4. The summed E-state index contributed by atoms with van der Waals surface area (Å²) in [6.07, 6.45) is 2.31. The van der Waals surface area contributed by atoms with Crippen molar-refractivity contribution < 1.29 is 0 Å². The molecule has 1 aromatic carbocycles. The van der Waals surface area contributed by atoms with Crippen LogP contribution in [0.3, 0.4) is 0 Å². The van der Waals surface area contributed by atoms with Crippen LogP contribution in [0.1, 0.15) is 38.3 Å². The topological polar surface area (TPSA) is 26.0 Å². The third-order valence-electron chi connectivity index (χ3n) is 3.43. The third-order valence-corrected chi connectivity index (χ3v) is 4.41. The number of fused-ring (bicyclic) bond motifs is 1. The molecule has 0 radical (unpaired) electrons. The fraction of sp³-hybridized carbons (Fsp3) is 0.429. The van der Waals surface area contributed by atoms with Crippen LogP contribution < -0.4 is 5.73 Å². The van der Waals surface area contributed by atoms with E-state index in [0.29, 0.717) is 5.92 Å². The van der Waals surface area contributed by atoms with E-state index in [2.05, 4.69) is 43.5 Å². The Hall–Kier alpha value is -0.860. The van der Waals surface area contributed by atoms with Crippen LogP contribution >= 0.6 is 11.3 Å². The van der Waals surface area contributed by atoms with Gasteiger partial charge in [0.25, 0.3) is 0 Å². The number of nitrogens with two attached hydrogens (primary N) is 1. The van der Waals surface area contributed by atoms with Gasteiger partial charge < -0.3 is 5.73 Å².